The fourth-order valence-electron chi connectivity index (χ4n) is 3.04. The Bertz CT molecular complexity index is 1080. The second-order valence-electron chi connectivity index (χ2n) is 6.69. The molecule has 0 atom stereocenters. The Balaban J connectivity index is 1.98. The van der Waals surface area contributed by atoms with Crippen molar-refractivity contribution in [3.63, 3.8) is 0 Å². The number of rotatable bonds is 6. The molecule has 0 aliphatic carbocycles. The number of phenolic OH excluding ortho intramolecular Hbond substituents is 1. The Morgan fingerprint density at radius 3 is 2.11 bits per heavy atom. The summed E-state index contributed by atoms with van der Waals surface area (Å²) in [6.07, 6.45) is 1.11. The van der Waals surface area contributed by atoms with Crippen molar-refractivity contribution < 1.29 is 18.3 Å². The Hall–Kier alpha value is -2.79. The molecule has 3 rings (SSSR count). The lowest BCUT2D eigenvalue weighted by Gasteiger charge is -2.13. The molecule has 0 aliphatic heterocycles. The lowest BCUT2D eigenvalue weighted by molar-refractivity contribution is 0.468. The van der Waals surface area contributed by atoms with Gasteiger partial charge in [-0.1, -0.05) is 31.5 Å². The van der Waals surface area contributed by atoms with Crippen molar-refractivity contribution in [3.8, 4) is 17.2 Å². The molecule has 0 amide bonds. The maximum atomic E-state index is 13.2. The van der Waals surface area contributed by atoms with E-state index in [9.17, 15) is 13.5 Å². The minimum atomic E-state index is -3.69. The number of phenols is 1. The van der Waals surface area contributed by atoms with Gasteiger partial charge in [0.25, 0.3) is 0 Å². The summed E-state index contributed by atoms with van der Waals surface area (Å²) in [5, 5.41) is 9.85. The lowest BCUT2D eigenvalue weighted by Crippen LogP contribution is -2.06. The number of benzene rings is 3. The third-order valence-electron chi connectivity index (χ3n) is 4.70. The third-order valence-corrected chi connectivity index (χ3v) is 6.55. The van der Waals surface area contributed by atoms with Gasteiger partial charge in [0.1, 0.15) is 17.2 Å². The second kappa shape index (κ2) is 8.07. The zero-order chi connectivity index (χ0) is 20.3. The van der Waals surface area contributed by atoms with E-state index in [2.05, 4.69) is 0 Å². The molecule has 0 radical (unpaired) electrons. The van der Waals surface area contributed by atoms with Crippen molar-refractivity contribution in [3.05, 3.63) is 77.4 Å². The molecule has 0 aliphatic rings. The number of aromatic hydroxyl groups is 1. The van der Waals surface area contributed by atoms with Gasteiger partial charge in [-0.3, -0.25) is 0 Å². The van der Waals surface area contributed by atoms with Gasteiger partial charge in [-0.25, -0.2) is 8.42 Å². The number of hydrogen-bond acceptors (Lipinski definition) is 4. The average molecular weight is 397 g/mol. The van der Waals surface area contributed by atoms with Gasteiger partial charge in [0.15, 0.2) is 0 Å². The highest BCUT2D eigenvalue weighted by Crippen LogP contribution is 2.32. The van der Waals surface area contributed by atoms with Crippen molar-refractivity contribution in [2.75, 3.05) is 0 Å². The van der Waals surface area contributed by atoms with E-state index in [4.69, 9.17) is 4.74 Å². The van der Waals surface area contributed by atoms with Crippen LogP contribution in [0.1, 0.15) is 30.5 Å². The van der Waals surface area contributed by atoms with Crippen LogP contribution in [0.3, 0.4) is 0 Å². The zero-order valence-corrected chi connectivity index (χ0v) is 17.1. The standard InChI is InChI=1S/C23H24O4S/c1-4-17-15-21(11-12-22(17)24)28(25,26)23-13-10-20(14-18(23)5-2)27-19-8-6-16(3)7-9-19/h6-15,24H,4-5H2,1-3H3. The molecule has 5 heteroatoms. The minimum absolute atomic E-state index is 0.110. The predicted octanol–water partition coefficient (Wildman–Crippen LogP) is 5.45. The van der Waals surface area contributed by atoms with Crippen molar-refractivity contribution >= 4 is 9.84 Å². The summed E-state index contributed by atoms with van der Waals surface area (Å²) in [7, 11) is -3.69. The number of hydrogen-bond donors (Lipinski definition) is 1. The fraction of sp³-hybridized carbons (Fsp3) is 0.217. The molecule has 3 aromatic carbocycles. The smallest absolute Gasteiger partial charge is 0.206 e. The molecule has 0 heterocycles. The number of sulfone groups is 1. The first-order valence-corrected chi connectivity index (χ1v) is 10.8. The van der Waals surface area contributed by atoms with E-state index in [1.165, 1.54) is 12.1 Å². The van der Waals surface area contributed by atoms with Gasteiger partial charge >= 0.3 is 0 Å². The van der Waals surface area contributed by atoms with E-state index in [0.717, 1.165) is 5.56 Å². The molecule has 0 aromatic heterocycles. The first-order valence-electron chi connectivity index (χ1n) is 9.29. The Morgan fingerprint density at radius 1 is 0.821 bits per heavy atom. The molecule has 28 heavy (non-hydrogen) atoms. The fourth-order valence-corrected chi connectivity index (χ4v) is 4.63. The van der Waals surface area contributed by atoms with Crippen LogP contribution in [0.25, 0.3) is 0 Å². The van der Waals surface area contributed by atoms with Crippen molar-refractivity contribution in [1.29, 1.82) is 0 Å². The summed E-state index contributed by atoms with van der Waals surface area (Å²) in [6.45, 7) is 5.80. The second-order valence-corrected chi connectivity index (χ2v) is 8.60. The molecule has 146 valence electrons. The minimum Gasteiger partial charge on any atom is -0.508 e. The first-order chi connectivity index (χ1) is 13.3. The Kier molecular flexibility index (Phi) is 5.75. The average Bonchev–Trinajstić information content (AvgIpc) is 2.69. The molecule has 0 saturated carbocycles. The van der Waals surface area contributed by atoms with Gasteiger partial charge in [0, 0.05) is 0 Å². The van der Waals surface area contributed by atoms with Crippen LogP contribution in [0.15, 0.2) is 70.5 Å². The summed E-state index contributed by atoms with van der Waals surface area (Å²) < 4.78 is 32.2. The molecule has 1 N–H and O–H groups in total. The molecule has 3 aromatic rings. The highest BCUT2D eigenvalue weighted by molar-refractivity contribution is 7.91. The summed E-state index contributed by atoms with van der Waals surface area (Å²) in [5.41, 5.74) is 2.44. The molecule has 0 bridgehead atoms. The van der Waals surface area contributed by atoms with Gasteiger partial charge in [0.05, 0.1) is 9.79 Å². The van der Waals surface area contributed by atoms with E-state index in [-0.39, 0.29) is 15.5 Å². The molecule has 0 saturated heterocycles. The van der Waals surface area contributed by atoms with Gasteiger partial charge in [-0.2, -0.15) is 0 Å². The SMILES string of the molecule is CCc1cc(S(=O)(=O)c2ccc(Oc3ccc(C)cc3)cc2CC)ccc1O. The number of aryl methyl sites for hydroxylation is 3. The predicted molar refractivity (Wildman–Crippen MR) is 110 cm³/mol. The van der Waals surface area contributed by atoms with Gasteiger partial charge in [-0.05, 0) is 79.4 Å². The number of ether oxygens (including phenoxy) is 1. The summed E-state index contributed by atoms with van der Waals surface area (Å²) in [6, 6.07) is 17.2. The van der Waals surface area contributed by atoms with Crippen LogP contribution in [0.2, 0.25) is 0 Å². The summed E-state index contributed by atoms with van der Waals surface area (Å²) >= 11 is 0. The van der Waals surface area contributed by atoms with Crippen LogP contribution >= 0.6 is 0 Å². The van der Waals surface area contributed by atoms with Crippen LogP contribution in [0, 0.1) is 6.92 Å². The van der Waals surface area contributed by atoms with Gasteiger partial charge in [0.2, 0.25) is 9.84 Å². The van der Waals surface area contributed by atoms with Crippen LogP contribution in [-0.2, 0) is 22.7 Å². The molecular formula is C23H24O4S. The Morgan fingerprint density at radius 2 is 1.46 bits per heavy atom. The molecule has 4 nitrogen and oxygen atoms in total. The van der Waals surface area contributed by atoms with Crippen LogP contribution in [0.5, 0.6) is 17.2 Å². The largest absolute Gasteiger partial charge is 0.508 e. The lowest BCUT2D eigenvalue weighted by atomic mass is 10.1. The molecule has 0 spiro atoms. The zero-order valence-electron chi connectivity index (χ0n) is 16.3. The van der Waals surface area contributed by atoms with Gasteiger partial charge in [-0.15, -0.1) is 0 Å². The maximum absolute atomic E-state index is 13.2. The first kappa shape index (κ1) is 20.0. The van der Waals surface area contributed by atoms with Gasteiger partial charge < -0.3 is 9.84 Å². The van der Waals surface area contributed by atoms with Crippen LogP contribution in [-0.4, -0.2) is 13.5 Å². The van der Waals surface area contributed by atoms with E-state index in [1.807, 2.05) is 45.0 Å². The molecular weight excluding hydrogens is 372 g/mol. The van der Waals surface area contributed by atoms with E-state index >= 15 is 0 Å². The Labute approximate surface area is 166 Å². The summed E-state index contributed by atoms with van der Waals surface area (Å²) in [5.74, 6) is 1.41. The van der Waals surface area contributed by atoms with E-state index in [0.29, 0.717) is 35.5 Å². The van der Waals surface area contributed by atoms with Crippen LogP contribution in [0.4, 0.5) is 0 Å². The summed E-state index contributed by atoms with van der Waals surface area (Å²) in [4.78, 5) is 0.447. The van der Waals surface area contributed by atoms with Crippen molar-refractivity contribution in [2.45, 2.75) is 43.4 Å². The van der Waals surface area contributed by atoms with Crippen molar-refractivity contribution in [2.24, 2.45) is 0 Å². The quantitative estimate of drug-likeness (QED) is 0.602. The molecule has 0 unspecified atom stereocenters. The van der Waals surface area contributed by atoms with E-state index < -0.39 is 9.84 Å². The third kappa shape index (κ3) is 4.04. The van der Waals surface area contributed by atoms with Crippen molar-refractivity contribution in [1.82, 2.24) is 0 Å². The van der Waals surface area contributed by atoms with Crippen LogP contribution < -0.4 is 4.74 Å². The van der Waals surface area contributed by atoms with E-state index in [1.54, 1.807) is 24.3 Å². The topological polar surface area (TPSA) is 63.6 Å². The molecule has 0 fully saturated rings. The highest BCUT2D eigenvalue weighted by atomic mass is 32.2. The maximum Gasteiger partial charge on any atom is 0.206 e. The normalized spacial score (nSPS) is 11.4. The monoisotopic (exact) mass is 396 g/mol. The highest BCUT2D eigenvalue weighted by Gasteiger charge is 2.22.